The molecule has 0 bridgehead atoms. The van der Waals surface area contributed by atoms with Gasteiger partial charge >= 0.3 is 10.1 Å². The largest absolute Gasteiger partial charge is 0.379 e. The minimum Gasteiger partial charge on any atom is -0.379 e. The highest BCUT2D eigenvalue weighted by Crippen LogP contribution is 2.21. The Kier molecular flexibility index (Phi) is 5.52. The van der Waals surface area contributed by atoms with Crippen molar-refractivity contribution in [3.63, 3.8) is 0 Å². The maximum absolute atomic E-state index is 12.9. The molecule has 0 atom stereocenters. The zero-order chi connectivity index (χ0) is 19.4. The van der Waals surface area contributed by atoms with Gasteiger partial charge in [-0.25, -0.2) is 9.37 Å². The van der Waals surface area contributed by atoms with Gasteiger partial charge in [0.25, 0.3) is 0 Å². The first-order chi connectivity index (χ1) is 12.8. The molecule has 0 radical (unpaired) electrons. The Hall–Kier alpha value is -2.78. The minimum atomic E-state index is -4.02. The fourth-order valence-corrected chi connectivity index (χ4v) is 3.76. The van der Waals surface area contributed by atoms with Gasteiger partial charge < -0.3 is 4.18 Å². The first kappa shape index (κ1) is 19.0. The van der Waals surface area contributed by atoms with Gasteiger partial charge in [0.2, 0.25) is 5.13 Å². The SMILES string of the molecule is Cc1nc(N/N=C\c2ccc(OS(=O)(=O)c3ccc(F)cc3)cc2)sc1C. The van der Waals surface area contributed by atoms with Crippen LogP contribution in [0.2, 0.25) is 0 Å². The molecule has 0 fully saturated rings. The van der Waals surface area contributed by atoms with E-state index in [4.69, 9.17) is 4.18 Å². The highest BCUT2D eigenvalue weighted by atomic mass is 32.2. The molecule has 1 heterocycles. The summed E-state index contributed by atoms with van der Waals surface area (Å²) in [6.07, 6.45) is 1.59. The summed E-state index contributed by atoms with van der Waals surface area (Å²) in [5, 5.41) is 4.81. The van der Waals surface area contributed by atoms with Gasteiger partial charge in [-0.2, -0.15) is 13.5 Å². The number of hydrogen-bond acceptors (Lipinski definition) is 7. The van der Waals surface area contributed by atoms with Crippen molar-refractivity contribution in [1.82, 2.24) is 4.98 Å². The first-order valence-electron chi connectivity index (χ1n) is 7.87. The summed E-state index contributed by atoms with van der Waals surface area (Å²) < 4.78 is 42.3. The molecule has 1 N–H and O–H groups in total. The number of hydrazone groups is 1. The van der Waals surface area contributed by atoms with E-state index >= 15 is 0 Å². The number of nitrogens with zero attached hydrogens (tertiary/aromatic N) is 2. The Labute approximate surface area is 160 Å². The van der Waals surface area contributed by atoms with Gasteiger partial charge in [-0.05, 0) is 67.9 Å². The van der Waals surface area contributed by atoms with Crippen LogP contribution in [0.15, 0.2) is 58.5 Å². The zero-order valence-electron chi connectivity index (χ0n) is 14.5. The molecule has 2 aromatic carbocycles. The Morgan fingerprint density at radius 3 is 2.37 bits per heavy atom. The molecule has 0 spiro atoms. The maximum atomic E-state index is 12.9. The van der Waals surface area contributed by atoms with Crippen LogP contribution in [-0.4, -0.2) is 19.6 Å². The van der Waals surface area contributed by atoms with Gasteiger partial charge in [-0.3, -0.25) is 5.43 Å². The summed E-state index contributed by atoms with van der Waals surface area (Å²) in [6.45, 7) is 3.92. The van der Waals surface area contributed by atoms with Crippen molar-refractivity contribution in [3.8, 4) is 5.75 Å². The van der Waals surface area contributed by atoms with Crippen LogP contribution < -0.4 is 9.61 Å². The summed E-state index contributed by atoms with van der Waals surface area (Å²) >= 11 is 1.51. The van der Waals surface area contributed by atoms with Crippen LogP contribution in [0.4, 0.5) is 9.52 Å². The molecule has 9 heteroatoms. The number of aryl methyl sites for hydroxylation is 2. The standard InChI is InChI=1S/C18H16FN3O3S2/c1-12-13(2)26-18(21-12)22-20-11-14-3-7-16(8-4-14)25-27(23,24)17-9-5-15(19)6-10-17/h3-11H,1-2H3,(H,21,22)/b20-11-. The topological polar surface area (TPSA) is 80.7 Å². The van der Waals surface area contributed by atoms with Gasteiger partial charge in [-0.15, -0.1) is 11.3 Å². The molecule has 1 aromatic heterocycles. The van der Waals surface area contributed by atoms with E-state index in [0.29, 0.717) is 5.13 Å². The molecule has 0 saturated carbocycles. The fraction of sp³-hybridized carbons (Fsp3) is 0.111. The Morgan fingerprint density at radius 2 is 1.78 bits per heavy atom. The lowest BCUT2D eigenvalue weighted by Crippen LogP contribution is -2.09. The van der Waals surface area contributed by atoms with Gasteiger partial charge in [-0.1, -0.05) is 0 Å². The smallest absolute Gasteiger partial charge is 0.339 e. The van der Waals surface area contributed by atoms with Crippen LogP contribution in [0, 0.1) is 19.7 Å². The van der Waals surface area contributed by atoms with E-state index in [1.54, 1.807) is 18.3 Å². The number of halogens is 1. The van der Waals surface area contributed by atoms with Crippen LogP contribution in [0.3, 0.4) is 0 Å². The third-order valence-corrected chi connectivity index (χ3v) is 5.83. The van der Waals surface area contributed by atoms with Crippen molar-refractivity contribution < 1.29 is 17.0 Å². The molecule has 3 aromatic rings. The number of benzene rings is 2. The third-order valence-electron chi connectivity index (χ3n) is 3.59. The highest BCUT2D eigenvalue weighted by Gasteiger charge is 2.16. The fourth-order valence-electron chi connectivity index (χ4n) is 2.07. The molecule has 0 aliphatic heterocycles. The molecule has 0 saturated heterocycles. The number of thiazole rings is 1. The number of aromatic nitrogens is 1. The van der Waals surface area contributed by atoms with Gasteiger partial charge in [0, 0.05) is 4.88 Å². The van der Waals surface area contributed by atoms with Crippen molar-refractivity contribution in [2.75, 3.05) is 5.43 Å². The number of anilines is 1. The lowest BCUT2D eigenvalue weighted by atomic mass is 10.2. The van der Waals surface area contributed by atoms with E-state index in [0.717, 1.165) is 40.4 Å². The van der Waals surface area contributed by atoms with Crippen LogP contribution in [0.5, 0.6) is 5.75 Å². The number of rotatable bonds is 6. The Morgan fingerprint density at radius 1 is 1.11 bits per heavy atom. The lowest BCUT2D eigenvalue weighted by molar-refractivity contribution is 0.486. The summed E-state index contributed by atoms with van der Waals surface area (Å²) in [6, 6.07) is 10.8. The van der Waals surface area contributed by atoms with Crippen LogP contribution in [0.25, 0.3) is 0 Å². The maximum Gasteiger partial charge on any atom is 0.339 e. The normalized spacial score (nSPS) is 11.7. The van der Waals surface area contributed by atoms with Crippen LogP contribution in [0.1, 0.15) is 16.1 Å². The van der Waals surface area contributed by atoms with Crippen LogP contribution >= 0.6 is 11.3 Å². The molecule has 0 unspecified atom stereocenters. The average Bonchev–Trinajstić information content (AvgIpc) is 2.94. The van der Waals surface area contributed by atoms with Crippen molar-refractivity contribution in [2.45, 2.75) is 18.7 Å². The summed E-state index contributed by atoms with van der Waals surface area (Å²) in [5.41, 5.74) is 4.56. The molecular formula is C18H16FN3O3S2. The quantitative estimate of drug-likeness (QED) is 0.379. The summed E-state index contributed by atoms with van der Waals surface area (Å²) in [4.78, 5) is 5.32. The third kappa shape index (κ3) is 4.89. The Bertz CT molecular complexity index is 1040. The van der Waals surface area contributed by atoms with Crippen molar-refractivity contribution in [3.05, 3.63) is 70.5 Å². The lowest BCUT2D eigenvalue weighted by Gasteiger charge is -2.07. The second-order valence-electron chi connectivity index (χ2n) is 5.59. The molecule has 0 aliphatic carbocycles. The monoisotopic (exact) mass is 405 g/mol. The molecule has 27 heavy (non-hydrogen) atoms. The number of nitrogens with one attached hydrogen (secondary N) is 1. The van der Waals surface area contributed by atoms with E-state index in [1.165, 1.54) is 23.5 Å². The second-order valence-corrected chi connectivity index (χ2v) is 8.34. The van der Waals surface area contributed by atoms with Gasteiger partial charge in [0.1, 0.15) is 16.5 Å². The number of hydrogen-bond donors (Lipinski definition) is 1. The minimum absolute atomic E-state index is 0.118. The molecule has 3 rings (SSSR count). The van der Waals surface area contributed by atoms with E-state index in [1.807, 2.05) is 13.8 Å². The highest BCUT2D eigenvalue weighted by molar-refractivity contribution is 7.87. The van der Waals surface area contributed by atoms with E-state index in [-0.39, 0.29) is 10.6 Å². The van der Waals surface area contributed by atoms with Crippen molar-refractivity contribution in [1.29, 1.82) is 0 Å². The average molecular weight is 405 g/mol. The van der Waals surface area contributed by atoms with Gasteiger partial charge in [0.15, 0.2) is 0 Å². The van der Waals surface area contributed by atoms with Crippen molar-refractivity contribution >= 4 is 32.8 Å². The second kappa shape index (κ2) is 7.85. The van der Waals surface area contributed by atoms with E-state index < -0.39 is 15.9 Å². The molecular weight excluding hydrogens is 389 g/mol. The predicted octanol–water partition coefficient (Wildman–Crippen LogP) is 4.11. The summed E-state index contributed by atoms with van der Waals surface area (Å²) in [7, 11) is -4.02. The molecule has 6 nitrogen and oxygen atoms in total. The molecule has 0 amide bonds. The summed E-state index contributed by atoms with van der Waals surface area (Å²) in [5.74, 6) is -0.370. The van der Waals surface area contributed by atoms with Crippen molar-refractivity contribution in [2.24, 2.45) is 5.10 Å². The van der Waals surface area contributed by atoms with E-state index in [9.17, 15) is 12.8 Å². The van der Waals surface area contributed by atoms with Gasteiger partial charge in [0.05, 0.1) is 11.9 Å². The predicted molar refractivity (Wildman–Crippen MR) is 103 cm³/mol. The molecule has 0 aliphatic rings. The zero-order valence-corrected chi connectivity index (χ0v) is 16.1. The first-order valence-corrected chi connectivity index (χ1v) is 10.1. The molecule has 140 valence electrons. The van der Waals surface area contributed by atoms with Crippen LogP contribution in [-0.2, 0) is 10.1 Å². The van der Waals surface area contributed by atoms with E-state index in [2.05, 4.69) is 15.5 Å². The Balaban J connectivity index is 1.64.